The summed E-state index contributed by atoms with van der Waals surface area (Å²) in [6.07, 6.45) is 3.95. The van der Waals surface area contributed by atoms with Gasteiger partial charge in [-0.15, -0.1) is 0 Å². The summed E-state index contributed by atoms with van der Waals surface area (Å²) in [6, 6.07) is 10.1. The van der Waals surface area contributed by atoms with Crippen LogP contribution >= 0.6 is 0 Å². The first kappa shape index (κ1) is 22.3. The zero-order valence-corrected chi connectivity index (χ0v) is 18.8. The molecule has 2 atom stereocenters. The van der Waals surface area contributed by atoms with Gasteiger partial charge >= 0.3 is 0 Å². The van der Waals surface area contributed by atoms with Crippen LogP contribution in [0.15, 0.2) is 41.3 Å². The molecule has 2 unspecified atom stereocenters. The number of aryl methyl sites for hydroxylation is 2. The Morgan fingerprint density at radius 2 is 1.73 bits per heavy atom. The van der Waals surface area contributed by atoms with E-state index in [2.05, 4.69) is 17.0 Å². The lowest BCUT2D eigenvalue weighted by atomic mass is 9.87. The fourth-order valence-electron chi connectivity index (χ4n) is 3.98. The molecule has 0 spiro atoms. The molecule has 0 bridgehead atoms. The number of methoxy groups -OCH3 is 1. The van der Waals surface area contributed by atoms with E-state index in [9.17, 15) is 13.2 Å². The highest BCUT2D eigenvalue weighted by molar-refractivity contribution is 7.89. The largest absolute Gasteiger partial charge is 0.495 e. The molecule has 2 aromatic rings. The number of benzene rings is 2. The molecule has 0 aliphatic heterocycles. The van der Waals surface area contributed by atoms with Crippen LogP contribution in [0.2, 0.25) is 0 Å². The van der Waals surface area contributed by atoms with E-state index in [0.29, 0.717) is 0 Å². The van der Waals surface area contributed by atoms with E-state index in [4.69, 9.17) is 4.74 Å². The number of rotatable bonds is 6. The standard InChI is InChI=1S/C23H30N2O4S/c1-15-8-5-6-11-19(15)25-30(27,28)21-14-18(12-13-20(21)29-4)23(26)24-22-16(2)9-7-10-17(22)3/h7,9-10,12-15,19,25H,5-6,8,11H2,1-4H3,(H,24,26). The van der Waals surface area contributed by atoms with Gasteiger partial charge in [0.2, 0.25) is 10.0 Å². The van der Waals surface area contributed by atoms with Crippen LogP contribution < -0.4 is 14.8 Å². The van der Waals surface area contributed by atoms with Crippen molar-refractivity contribution in [1.82, 2.24) is 4.72 Å². The summed E-state index contributed by atoms with van der Waals surface area (Å²) < 4.78 is 34.4. The zero-order chi connectivity index (χ0) is 21.9. The second-order valence-electron chi connectivity index (χ2n) is 8.08. The molecular formula is C23H30N2O4S. The Kier molecular flexibility index (Phi) is 6.83. The molecule has 2 N–H and O–H groups in total. The SMILES string of the molecule is COc1ccc(C(=O)Nc2c(C)cccc2C)cc1S(=O)(=O)NC1CCCCC1C. The molecule has 0 saturated heterocycles. The Morgan fingerprint density at radius 1 is 1.07 bits per heavy atom. The van der Waals surface area contributed by atoms with Crippen molar-refractivity contribution in [3.63, 3.8) is 0 Å². The summed E-state index contributed by atoms with van der Waals surface area (Å²) in [5.41, 5.74) is 2.88. The highest BCUT2D eigenvalue weighted by Gasteiger charge is 2.29. The highest BCUT2D eigenvalue weighted by atomic mass is 32.2. The molecular weight excluding hydrogens is 400 g/mol. The van der Waals surface area contributed by atoms with Gasteiger partial charge in [0.25, 0.3) is 5.91 Å². The van der Waals surface area contributed by atoms with E-state index < -0.39 is 10.0 Å². The average molecular weight is 431 g/mol. The van der Waals surface area contributed by atoms with E-state index in [1.54, 1.807) is 6.07 Å². The van der Waals surface area contributed by atoms with Gasteiger partial charge < -0.3 is 10.1 Å². The van der Waals surface area contributed by atoms with Gasteiger partial charge in [0.1, 0.15) is 10.6 Å². The van der Waals surface area contributed by atoms with Crippen molar-refractivity contribution in [2.24, 2.45) is 5.92 Å². The Bertz CT molecular complexity index is 1010. The van der Waals surface area contributed by atoms with Gasteiger partial charge in [-0.2, -0.15) is 0 Å². The maximum atomic E-state index is 13.1. The molecule has 2 aromatic carbocycles. The number of para-hydroxylation sites is 1. The van der Waals surface area contributed by atoms with Gasteiger partial charge in [0, 0.05) is 17.3 Å². The summed E-state index contributed by atoms with van der Waals surface area (Å²) in [6.45, 7) is 5.90. The lowest BCUT2D eigenvalue weighted by molar-refractivity contribution is 0.102. The molecule has 1 amide bonds. The van der Waals surface area contributed by atoms with E-state index in [0.717, 1.165) is 42.5 Å². The van der Waals surface area contributed by atoms with Crippen molar-refractivity contribution in [2.45, 2.75) is 57.4 Å². The minimum atomic E-state index is -3.84. The third kappa shape index (κ3) is 4.84. The van der Waals surface area contributed by atoms with Crippen LogP contribution in [-0.4, -0.2) is 27.5 Å². The van der Waals surface area contributed by atoms with Crippen molar-refractivity contribution in [2.75, 3.05) is 12.4 Å². The maximum absolute atomic E-state index is 13.1. The summed E-state index contributed by atoms with van der Waals surface area (Å²) >= 11 is 0. The second-order valence-corrected chi connectivity index (χ2v) is 9.76. The van der Waals surface area contributed by atoms with Crippen LogP contribution in [0, 0.1) is 19.8 Å². The van der Waals surface area contributed by atoms with Crippen LogP contribution in [0.1, 0.15) is 54.1 Å². The molecule has 3 rings (SSSR count). The summed E-state index contributed by atoms with van der Waals surface area (Å²) in [4.78, 5) is 12.9. The number of nitrogens with one attached hydrogen (secondary N) is 2. The topological polar surface area (TPSA) is 84.5 Å². The summed E-state index contributed by atoms with van der Waals surface area (Å²) in [5.74, 6) is 0.127. The fraction of sp³-hybridized carbons (Fsp3) is 0.435. The molecule has 7 heteroatoms. The Balaban J connectivity index is 1.90. The third-order valence-corrected chi connectivity index (χ3v) is 7.36. The maximum Gasteiger partial charge on any atom is 0.255 e. The number of amides is 1. The number of hydrogen-bond donors (Lipinski definition) is 2. The minimum absolute atomic E-state index is 0.0167. The van der Waals surface area contributed by atoms with Crippen molar-refractivity contribution >= 4 is 21.6 Å². The molecule has 1 fully saturated rings. The van der Waals surface area contributed by atoms with E-state index in [1.165, 1.54) is 19.2 Å². The third-order valence-electron chi connectivity index (χ3n) is 5.85. The Hall–Kier alpha value is -2.38. The average Bonchev–Trinajstić information content (AvgIpc) is 2.72. The first-order chi connectivity index (χ1) is 14.2. The van der Waals surface area contributed by atoms with Gasteiger partial charge in [-0.3, -0.25) is 4.79 Å². The first-order valence-corrected chi connectivity index (χ1v) is 11.8. The monoisotopic (exact) mass is 430 g/mol. The Morgan fingerprint density at radius 3 is 2.37 bits per heavy atom. The van der Waals surface area contributed by atoms with Gasteiger partial charge in [-0.1, -0.05) is 38.0 Å². The van der Waals surface area contributed by atoms with E-state index in [-0.39, 0.29) is 34.1 Å². The van der Waals surface area contributed by atoms with Gasteiger partial charge in [-0.25, -0.2) is 13.1 Å². The summed E-state index contributed by atoms with van der Waals surface area (Å²) in [5, 5.41) is 2.90. The van der Waals surface area contributed by atoms with Crippen LogP contribution in [0.25, 0.3) is 0 Å². The lowest BCUT2D eigenvalue weighted by Crippen LogP contribution is -2.41. The molecule has 6 nitrogen and oxygen atoms in total. The second kappa shape index (κ2) is 9.18. The molecule has 0 heterocycles. The predicted molar refractivity (Wildman–Crippen MR) is 119 cm³/mol. The number of ether oxygens (including phenoxy) is 1. The van der Waals surface area contributed by atoms with Crippen molar-refractivity contribution in [3.8, 4) is 5.75 Å². The van der Waals surface area contributed by atoms with Crippen molar-refractivity contribution in [3.05, 3.63) is 53.1 Å². The molecule has 0 radical (unpaired) electrons. The number of sulfonamides is 1. The first-order valence-electron chi connectivity index (χ1n) is 10.3. The predicted octanol–water partition coefficient (Wildman–Crippen LogP) is 4.42. The number of carbonyl (C=O) groups is 1. The molecule has 1 aliphatic rings. The van der Waals surface area contributed by atoms with E-state index >= 15 is 0 Å². The Labute approximate surface area is 179 Å². The fourth-order valence-corrected chi connectivity index (χ4v) is 5.55. The van der Waals surface area contributed by atoms with Gasteiger partial charge in [0.05, 0.1) is 7.11 Å². The van der Waals surface area contributed by atoms with Crippen LogP contribution in [0.4, 0.5) is 5.69 Å². The lowest BCUT2D eigenvalue weighted by Gasteiger charge is -2.29. The molecule has 1 saturated carbocycles. The van der Waals surface area contributed by atoms with Crippen LogP contribution in [0.3, 0.4) is 0 Å². The number of anilines is 1. The van der Waals surface area contributed by atoms with Crippen LogP contribution in [0.5, 0.6) is 5.75 Å². The van der Waals surface area contributed by atoms with Gasteiger partial charge in [-0.05, 0) is 61.9 Å². The highest BCUT2D eigenvalue weighted by Crippen LogP contribution is 2.29. The quantitative estimate of drug-likeness (QED) is 0.710. The molecule has 30 heavy (non-hydrogen) atoms. The minimum Gasteiger partial charge on any atom is -0.495 e. The zero-order valence-electron chi connectivity index (χ0n) is 18.0. The van der Waals surface area contributed by atoms with Crippen LogP contribution in [-0.2, 0) is 10.0 Å². The molecule has 162 valence electrons. The van der Waals surface area contributed by atoms with Crippen molar-refractivity contribution in [1.29, 1.82) is 0 Å². The molecule has 1 aliphatic carbocycles. The van der Waals surface area contributed by atoms with E-state index in [1.807, 2.05) is 32.0 Å². The molecule has 0 aromatic heterocycles. The van der Waals surface area contributed by atoms with Crippen molar-refractivity contribution < 1.29 is 17.9 Å². The smallest absolute Gasteiger partial charge is 0.255 e. The number of carbonyl (C=O) groups excluding carboxylic acids is 1. The normalized spacial score (nSPS) is 19.3. The summed E-state index contributed by atoms with van der Waals surface area (Å²) in [7, 11) is -2.41. The number of hydrogen-bond acceptors (Lipinski definition) is 4. The van der Waals surface area contributed by atoms with Gasteiger partial charge in [0.15, 0.2) is 0 Å².